The lowest BCUT2D eigenvalue weighted by Crippen LogP contribution is -2.48. The van der Waals surface area contributed by atoms with Crippen molar-refractivity contribution in [2.24, 2.45) is 5.92 Å². The molecule has 0 aromatic carbocycles. The lowest BCUT2D eigenvalue weighted by Gasteiger charge is -2.36. The highest BCUT2D eigenvalue weighted by atomic mass is 16.2. The minimum atomic E-state index is 0.0310. The van der Waals surface area contributed by atoms with E-state index < -0.39 is 0 Å². The summed E-state index contributed by atoms with van der Waals surface area (Å²) in [6, 6.07) is 0.506. The number of carbonyl (C=O) groups is 1. The van der Waals surface area contributed by atoms with Gasteiger partial charge in [0.2, 0.25) is 5.91 Å². The third-order valence-corrected chi connectivity index (χ3v) is 4.92. The van der Waals surface area contributed by atoms with Crippen LogP contribution in [0.3, 0.4) is 0 Å². The second-order valence-corrected chi connectivity index (χ2v) is 7.21. The maximum Gasteiger partial charge on any atom is 0.241 e. The van der Waals surface area contributed by atoms with Crippen molar-refractivity contribution in [3.63, 3.8) is 0 Å². The van der Waals surface area contributed by atoms with Crippen LogP contribution in [0.2, 0.25) is 0 Å². The molecule has 2 saturated heterocycles. The largest absolute Gasteiger partial charge is 0.324 e. The highest BCUT2D eigenvalue weighted by molar-refractivity contribution is 5.84. The third-order valence-electron chi connectivity index (χ3n) is 4.92. The molecular weight excluding hydrogens is 262 g/mol. The average Bonchev–Trinajstić information content (AvgIpc) is 2.76. The van der Waals surface area contributed by atoms with E-state index in [0.717, 1.165) is 19.4 Å². The van der Waals surface area contributed by atoms with Gasteiger partial charge >= 0.3 is 0 Å². The topological polar surface area (TPSA) is 35.6 Å². The molecule has 122 valence electrons. The van der Waals surface area contributed by atoms with E-state index in [1.165, 1.54) is 32.4 Å². The molecule has 1 N–H and O–H groups in total. The number of amides is 1. The van der Waals surface area contributed by atoms with E-state index >= 15 is 0 Å². The second kappa shape index (κ2) is 7.59. The van der Waals surface area contributed by atoms with Crippen molar-refractivity contribution >= 4 is 5.91 Å². The standard InChI is InChI=1S/C17H33N3O/c1-5-16-18-15(11-13(2)3)17(21)20(16)12-14(4)19-9-7-6-8-10-19/h13-16,18H,5-12H2,1-4H3. The number of nitrogens with one attached hydrogen (secondary N) is 1. The van der Waals surface area contributed by atoms with Gasteiger partial charge in [-0.2, -0.15) is 0 Å². The maximum absolute atomic E-state index is 12.7. The first-order valence-electron chi connectivity index (χ1n) is 8.83. The van der Waals surface area contributed by atoms with Crippen LogP contribution < -0.4 is 5.32 Å². The van der Waals surface area contributed by atoms with E-state index in [1.54, 1.807) is 0 Å². The lowest BCUT2D eigenvalue weighted by atomic mass is 10.0. The zero-order chi connectivity index (χ0) is 15.4. The Balaban J connectivity index is 1.94. The van der Waals surface area contributed by atoms with Crippen molar-refractivity contribution in [3.05, 3.63) is 0 Å². The molecule has 2 heterocycles. The van der Waals surface area contributed by atoms with Gasteiger partial charge in [0.15, 0.2) is 0 Å². The van der Waals surface area contributed by atoms with Crippen molar-refractivity contribution < 1.29 is 4.79 Å². The van der Waals surface area contributed by atoms with Gasteiger partial charge in [-0.15, -0.1) is 0 Å². The number of rotatable bonds is 6. The van der Waals surface area contributed by atoms with Crippen LogP contribution in [0.15, 0.2) is 0 Å². The fraction of sp³-hybridized carbons (Fsp3) is 0.941. The Morgan fingerprint density at radius 1 is 1.19 bits per heavy atom. The smallest absolute Gasteiger partial charge is 0.241 e. The zero-order valence-corrected chi connectivity index (χ0v) is 14.3. The summed E-state index contributed by atoms with van der Waals surface area (Å²) in [5.74, 6) is 0.878. The summed E-state index contributed by atoms with van der Waals surface area (Å²) < 4.78 is 0. The molecule has 3 unspecified atom stereocenters. The molecule has 0 aromatic heterocycles. The van der Waals surface area contributed by atoms with Crippen molar-refractivity contribution in [3.8, 4) is 0 Å². The zero-order valence-electron chi connectivity index (χ0n) is 14.3. The predicted octanol–water partition coefficient (Wildman–Crippen LogP) is 2.44. The molecule has 3 atom stereocenters. The fourth-order valence-electron chi connectivity index (χ4n) is 3.70. The Labute approximate surface area is 130 Å². The monoisotopic (exact) mass is 295 g/mol. The van der Waals surface area contributed by atoms with Gasteiger partial charge in [-0.3, -0.25) is 15.0 Å². The van der Waals surface area contributed by atoms with Gasteiger partial charge in [0.1, 0.15) is 0 Å². The van der Waals surface area contributed by atoms with Crippen LogP contribution in [-0.4, -0.2) is 53.6 Å². The van der Waals surface area contributed by atoms with Crippen LogP contribution in [0.5, 0.6) is 0 Å². The highest BCUT2D eigenvalue weighted by Gasteiger charge is 2.38. The van der Waals surface area contributed by atoms with E-state index in [4.69, 9.17) is 0 Å². The summed E-state index contributed by atoms with van der Waals surface area (Å²) in [4.78, 5) is 17.3. The molecular formula is C17H33N3O. The minimum absolute atomic E-state index is 0.0310. The quantitative estimate of drug-likeness (QED) is 0.817. The van der Waals surface area contributed by atoms with E-state index in [2.05, 4.69) is 42.8 Å². The number of piperidine rings is 1. The van der Waals surface area contributed by atoms with Crippen LogP contribution >= 0.6 is 0 Å². The van der Waals surface area contributed by atoms with Gasteiger partial charge in [0.25, 0.3) is 0 Å². The SMILES string of the molecule is CCC1NC(CC(C)C)C(=O)N1CC(C)N1CCCCC1. The molecule has 0 saturated carbocycles. The van der Waals surface area contributed by atoms with E-state index in [0.29, 0.717) is 17.9 Å². The Morgan fingerprint density at radius 2 is 1.86 bits per heavy atom. The molecule has 1 amide bonds. The molecule has 0 aromatic rings. The molecule has 21 heavy (non-hydrogen) atoms. The molecule has 2 fully saturated rings. The van der Waals surface area contributed by atoms with Gasteiger partial charge < -0.3 is 4.90 Å². The molecule has 2 aliphatic rings. The van der Waals surface area contributed by atoms with Crippen molar-refractivity contribution in [1.29, 1.82) is 0 Å². The Morgan fingerprint density at radius 3 is 2.43 bits per heavy atom. The summed E-state index contributed by atoms with van der Waals surface area (Å²) in [7, 11) is 0. The van der Waals surface area contributed by atoms with Crippen molar-refractivity contribution in [2.45, 2.75) is 78.0 Å². The fourth-order valence-corrected chi connectivity index (χ4v) is 3.70. The molecule has 2 rings (SSSR count). The van der Waals surface area contributed by atoms with Crippen molar-refractivity contribution in [2.75, 3.05) is 19.6 Å². The molecule has 0 aliphatic carbocycles. The molecule has 4 nitrogen and oxygen atoms in total. The van der Waals surface area contributed by atoms with Gasteiger partial charge in [0, 0.05) is 12.6 Å². The molecule has 4 heteroatoms. The second-order valence-electron chi connectivity index (χ2n) is 7.21. The number of hydrogen-bond donors (Lipinski definition) is 1. The molecule has 0 bridgehead atoms. The Kier molecular flexibility index (Phi) is 6.06. The average molecular weight is 295 g/mol. The van der Waals surface area contributed by atoms with E-state index in [9.17, 15) is 4.79 Å². The van der Waals surface area contributed by atoms with Gasteiger partial charge in [0.05, 0.1) is 12.2 Å². The first kappa shape index (κ1) is 16.8. The first-order valence-corrected chi connectivity index (χ1v) is 8.83. The van der Waals surface area contributed by atoms with E-state index in [1.807, 2.05) is 0 Å². The molecule has 0 spiro atoms. The van der Waals surface area contributed by atoms with Gasteiger partial charge in [-0.05, 0) is 51.6 Å². The maximum atomic E-state index is 12.7. The van der Waals surface area contributed by atoms with Crippen LogP contribution in [0, 0.1) is 5.92 Å². The van der Waals surface area contributed by atoms with Gasteiger partial charge in [-0.25, -0.2) is 0 Å². The Bertz CT molecular complexity index is 339. The number of nitrogens with zero attached hydrogens (tertiary/aromatic N) is 2. The summed E-state index contributed by atoms with van der Waals surface area (Å²) in [5.41, 5.74) is 0. The number of carbonyl (C=O) groups excluding carboxylic acids is 1. The summed E-state index contributed by atoms with van der Waals surface area (Å²) >= 11 is 0. The van der Waals surface area contributed by atoms with Crippen molar-refractivity contribution in [1.82, 2.24) is 15.1 Å². The predicted molar refractivity (Wildman–Crippen MR) is 87.1 cm³/mol. The van der Waals surface area contributed by atoms with E-state index in [-0.39, 0.29) is 12.2 Å². The summed E-state index contributed by atoms with van der Waals surface area (Å²) in [6.45, 7) is 12.1. The minimum Gasteiger partial charge on any atom is -0.324 e. The van der Waals surface area contributed by atoms with Crippen LogP contribution in [0.4, 0.5) is 0 Å². The van der Waals surface area contributed by atoms with Crippen LogP contribution in [0.1, 0.15) is 59.8 Å². The molecule has 2 aliphatic heterocycles. The lowest BCUT2D eigenvalue weighted by molar-refractivity contribution is -0.131. The summed E-state index contributed by atoms with van der Waals surface area (Å²) in [6.07, 6.45) is 6.15. The molecule has 0 radical (unpaired) electrons. The third kappa shape index (κ3) is 4.19. The highest BCUT2D eigenvalue weighted by Crippen LogP contribution is 2.21. The number of likely N-dealkylation sites (tertiary alicyclic amines) is 1. The van der Waals surface area contributed by atoms with Crippen LogP contribution in [0.25, 0.3) is 0 Å². The van der Waals surface area contributed by atoms with Gasteiger partial charge in [-0.1, -0.05) is 27.2 Å². The normalized spacial score (nSPS) is 29.4. The first-order chi connectivity index (χ1) is 10.0. The number of hydrogen-bond acceptors (Lipinski definition) is 3. The summed E-state index contributed by atoms with van der Waals surface area (Å²) in [5, 5.41) is 3.54. The van der Waals surface area contributed by atoms with Crippen LogP contribution in [-0.2, 0) is 4.79 Å². The Hall–Kier alpha value is -0.610.